The first-order chi connectivity index (χ1) is 30.3. The van der Waals surface area contributed by atoms with Crippen molar-refractivity contribution in [2.75, 3.05) is 0 Å². The molecule has 0 radical (unpaired) electrons. The molecule has 0 aliphatic rings. The van der Waals surface area contributed by atoms with Gasteiger partial charge in [0.15, 0.2) is 0 Å². The fourth-order valence-electron chi connectivity index (χ4n) is 13.1. The summed E-state index contributed by atoms with van der Waals surface area (Å²) in [5.74, 6) is 0. The number of rotatable bonds is 3. The van der Waals surface area contributed by atoms with Gasteiger partial charge in [-0.1, -0.05) is 104 Å². The molecule has 0 N–H and O–H groups in total. The van der Waals surface area contributed by atoms with Crippen LogP contribution >= 0.6 is 0 Å². The average molecular weight is 802 g/mol. The molecular formula is C40H51B25. The van der Waals surface area contributed by atoms with Gasteiger partial charge in [-0.15, -0.1) is 38.2 Å². The van der Waals surface area contributed by atoms with Gasteiger partial charge < -0.3 is 0 Å². The molecule has 0 amide bonds. The highest BCUT2D eigenvalue weighted by Crippen LogP contribution is 2.40. The van der Waals surface area contributed by atoms with Crippen LogP contribution in [0.15, 0.2) is 6.07 Å². The Morgan fingerprint density at radius 2 is 0.354 bits per heavy atom. The van der Waals surface area contributed by atoms with Gasteiger partial charge in [0, 0.05) is 0 Å². The van der Waals surface area contributed by atoms with Crippen molar-refractivity contribution in [1.82, 2.24) is 0 Å². The second-order valence-corrected chi connectivity index (χ2v) is 21.1. The van der Waals surface area contributed by atoms with Crippen molar-refractivity contribution in [3.8, 4) is 33.4 Å². The van der Waals surface area contributed by atoms with Crippen LogP contribution in [0, 0.1) is 0 Å². The molecule has 0 bridgehead atoms. The summed E-state index contributed by atoms with van der Waals surface area (Å²) in [4.78, 5) is 0. The van der Waals surface area contributed by atoms with Crippen LogP contribution in [0.1, 0.15) is 0 Å². The minimum Gasteiger partial charge on any atom is -0.101 e. The molecule has 0 saturated heterocycles. The summed E-state index contributed by atoms with van der Waals surface area (Å²) < 4.78 is 0. The zero-order valence-corrected chi connectivity index (χ0v) is 45.1. The van der Waals surface area contributed by atoms with Crippen molar-refractivity contribution in [2.24, 2.45) is 0 Å². The van der Waals surface area contributed by atoms with E-state index in [0.717, 1.165) is 0 Å². The van der Waals surface area contributed by atoms with E-state index in [-0.39, 0.29) is 0 Å². The minimum absolute atomic E-state index is 1.37. The smallest absolute Gasteiger partial charge is 0.101 e. The summed E-state index contributed by atoms with van der Waals surface area (Å²) in [6, 6.07) is 2.40. The second kappa shape index (κ2) is 16.3. The third-order valence-electron chi connectivity index (χ3n) is 18.7. The van der Waals surface area contributed by atoms with E-state index < -0.39 is 0 Å². The van der Waals surface area contributed by atoms with E-state index in [1.54, 1.807) is 0 Å². The molecule has 0 heterocycles. The van der Waals surface area contributed by atoms with Gasteiger partial charge in [-0.2, -0.15) is 0 Å². The predicted molar refractivity (Wildman–Crippen MR) is 377 cm³/mol. The Hall–Kier alpha value is -3.58. The predicted octanol–water partition coefficient (Wildman–Crippen LogP) is -32.2. The van der Waals surface area contributed by atoms with Gasteiger partial charge in [-0.25, -0.2) is 0 Å². The Bertz CT molecular complexity index is 3480. The van der Waals surface area contributed by atoms with Gasteiger partial charge in [0.1, 0.15) is 196 Å². The lowest BCUT2D eigenvalue weighted by molar-refractivity contribution is 1.83. The van der Waals surface area contributed by atoms with Gasteiger partial charge in [-0.3, -0.25) is 0 Å². The molecule has 0 spiro atoms. The molecule has 0 saturated carbocycles. The average Bonchev–Trinajstić information content (AvgIpc) is 3.26. The Kier molecular flexibility index (Phi) is 12.0. The van der Waals surface area contributed by atoms with Crippen molar-refractivity contribution >= 4 is 376 Å². The summed E-state index contributed by atoms with van der Waals surface area (Å²) in [6.45, 7) is 0. The van der Waals surface area contributed by atoms with Crippen LogP contribution < -0.4 is 137 Å². The highest BCUT2D eigenvalue weighted by atomic mass is 14.3. The maximum Gasteiger partial charge on any atom is 0.140 e. The molecule has 0 unspecified atom stereocenters. The topological polar surface area (TPSA) is 0 Å². The number of hydrogen-bond donors (Lipinski definition) is 0. The van der Waals surface area contributed by atoms with E-state index in [2.05, 4.69) is 202 Å². The van der Waals surface area contributed by atoms with Crippen molar-refractivity contribution in [3.05, 3.63) is 6.07 Å². The highest BCUT2D eigenvalue weighted by Gasteiger charge is 2.31. The molecule has 8 aromatic carbocycles. The van der Waals surface area contributed by atoms with E-state index in [4.69, 9.17) is 0 Å². The number of fused-ring (bicyclic) bond motifs is 4. The first-order valence-corrected chi connectivity index (χ1v) is 24.3. The fraction of sp³-hybridized carbons (Fsp3) is 0. The first kappa shape index (κ1) is 47.9. The van der Waals surface area contributed by atoms with Crippen LogP contribution in [0.25, 0.3) is 76.5 Å². The van der Waals surface area contributed by atoms with E-state index in [0.29, 0.717) is 0 Å². The third kappa shape index (κ3) is 6.34. The number of benzene rings is 8. The highest BCUT2D eigenvalue weighted by molar-refractivity contribution is 6.77. The molecule has 8 rings (SSSR count). The summed E-state index contributed by atoms with van der Waals surface area (Å²) >= 11 is 0. The van der Waals surface area contributed by atoms with Crippen LogP contribution in [-0.4, -0.2) is 196 Å². The largest absolute Gasteiger partial charge is 0.140 e. The quantitative estimate of drug-likeness (QED) is 0.123. The minimum atomic E-state index is 1.37. The molecule has 0 aliphatic heterocycles. The molecule has 25 heteroatoms. The zero-order valence-electron chi connectivity index (χ0n) is 45.1. The maximum absolute atomic E-state index is 2.44. The Labute approximate surface area is 412 Å². The number of hydrogen-bond acceptors (Lipinski definition) is 0. The van der Waals surface area contributed by atoms with Gasteiger partial charge in [-0.05, 0) is 76.5 Å². The summed E-state index contributed by atoms with van der Waals surface area (Å²) in [7, 11) is 59.6. The van der Waals surface area contributed by atoms with Gasteiger partial charge in [0.05, 0.1) is 0 Å². The lowest BCUT2D eigenvalue weighted by atomic mass is 9.55. The van der Waals surface area contributed by atoms with E-state index in [1.807, 2.05) is 0 Å². The lowest BCUT2D eigenvalue weighted by Crippen LogP contribution is -2.53. The summed E-state index contributed by atoms with van der Waals surface area (Å²) in [6.07, 6.45) is 0. The zero-order chi connectivity index (χ0) is 48.2. The third-order valence-corrected chi connectivity index (χ3v) is 18.7. The lowest BCUT2D eigenvalue weighted by Gasteiger charge is -2.33. The summed E-state index contributed by atoms with van der Waals surface area (Å²) in [5, 5.41) is 11.5. The van der Waals surface area contributed by atoms with Crippen molar-refractivity contribution in [3.63, 3.8) is 0 Å². The van der Waals surface area contributed by atoms with Crippen molar-refractivity contribution in [2.45, 2.75) is 0 Å². The molecule has 0 nitrogen and oxygen atoms in total. The fourth-order valence-corrected chi connectivity index (χ4v) is 13.1. The molecule has 65 heavy (non-hydrogen) atoms. The molecule has 8 aromatic rings. The molecule has 0 fully saturated rings. The van der Waals surface area contributed by atoms with Gasteiger partial charge in [0.25, 0.3) is 0 Å². The van der Waals surface area contributed by atoms with E-state index >= 15 is 0 Å². The van der Waals surface area contributed by atoms with Crippen LogP contribution in [-0.2, 0) is 0 Å². The maximum atomic E-state index is 2.44. The first-order valence-electron chi connectivity index (χ1n) is 24.3. The molecule has 286 valence electrons. The van der Waals surface area contributed by atoms with Gasteiger partial charge in [0.2, 0.25) is 0 Å². The van der Waals surface area contributed by atoms with Crippen LogP contribution in [0.3, 0.4) is 0 Å². The standard InChI is InChI=1S/C40H51B25/c41-2-1-3(42)18(43)13-4(2)19(44)16(29(54)26(13)51)17-30(55)27(52)14(28(53)31(17)56)6-10-7(21(46)35(60)37(62)23(10)48)5(8-11(6)24(49)38(63)36(61)22(8)47)9-12-15(32(57)34(59)20(9)45)33(58)40(65)39(64)25(12)50/h1H,41-65H2. The van der Waals surface area contributed by atoms with E-state index in [1.165, 1.54) is 213 Å². The van der Waals surface area contributed by atoms with Crippen molar-refractivity contribution < 1.29 is 0 Å². The SMILES string of the molecule is Bc1cc(B)c2c(B)c(-c3c(B)c(B)c(-c4c5c(B)c(B)c(B)c(B)c5c(-c5c(B)c(B)c(B)c6c(B)c(B)c(B)c(B)c56)c5c(B)c(B)c(B)c(B)c45)c(B)c3B)c(B)c(B)c2c1B. The Balaban J connectivity index is 1.69. The van der Waals surface area contributed by atoms with E-state index in [9.17, 15) is 0 Å². The Morgan fingerprint density at radius 3 is 0.723 bits per heavy atom. The molecule has 0 aromatic heterocycles. The van der Waals surface area contributed by atoms with Crippen LogP contribution in [0.4, 0.5) is 0 Å². The molecule has 0 aliphatic carbocycles. The molecule has 0 atom stereocenters. The Morgan fingerprint density at radius 1 is 0.138 bits per heavy atom. The van der Waals surface area contributed by atoms with Crippen LogP contribution in [0.2, 0.25) is 0 Å². The second-order valence-electron chi connectivity index (χ2n) is 21.1. The van der Waals surface area contributed by atoms with Gasteiger partial charge >= 0.3 is 0 Å². The normalized spacial score (nSPS) is 11.7. The summed E-state index contributed by atoms with van der Waals surface area (Å²) in [5.41, 5.74) is 43.6. The molecular weight excluding hydrogens is 751 g/mol. The van der Waals surface area contributed by atoms with Crippen LogP contribution in [0.5, 0.6) is 0 Å². The van der Waals surface area contributed by atoms with Crippen molar-refractivity contribution in [1.29, 1.82) is 0 Å². The monoisotopic (exact) mass is 807 g/mol.